The highest BCUT2D eigenvalue weighted by molar-refractivity contribution is 14.0. The Morgan fingerprint density at radius 2 is 2.10 bits per heavy atom. The van der Waals surface area contributed by atoms with Crippen molar-refractivity contribution < 1.29 is 0 Å². The largest absolute Gasteiger partial charge is 0.349 e. The molecule has 156 valence electrons. The molecule has 0 radical (unpaired) electrons. The molecular weight excluding hydrogens is 485 g/mol. The van der Waals surface area contributed by atoms with Crippen LogP contribution in [0.15, 0.2) is 23.7 Å². The van der Waals surface area contributed by atoms with E-state index in [1.165, 1.54) is 0 Å². The summed E-state index contributed by atoms with van der Waals surface area (Å²) < 4.78 is 3.87. The zero-order valence-electron chi connectivity index (χ0n) is 17.0. The molecule has 1 atom stereocenters. The van der Waals surface area contributed by atoms with E-state index >= 15 is 0 Å². The van der Waals surface area contributed by atoms with Crippen LogP contribution >= 0.6 is 24.0 Å². The Labute approximate surface area is 186 Å². The molecule has 0 aliphatic carbocycles. The number of aliphatic imine (C=N–C) groups is 1. The molecule has 0 spiro atoms. The maximum absolute atomic E-state index is 4.55. The van der Waals surface area contributed by atoms with Crippen LogP contribution in [0.5, 0.6) is 0 Å². The first-order valence-corrected chi connectivity index (χ1v) is 9.30. The van der Waals surface area contributed by atoms with Gasteiger partial charge < -0.3 is 19.7 Å². The molecule has 4 heterocycles. The van der Waals surface area contributed by atoms with Crippen molar-refractivity contribution in [3.8, 4) is 0 Å². The van der Waals surface area contributed by atoms with Gasteiger partial charge in [-0.15, -0.1) is 44.4 Å². The van der Waals surface area contributed by atoms with Crippen molar-refractivity contribution in [3.63, 3.8) is 0 Å². The third-order valence-corrected chi connectivity index (χ3v) is 5.20. The van der Waals surface area contributed by atoms with Gasteiger partial charge in [-0.1, -0.05) is 0 Å². The number of rotatable bonds is 3. The number of hydrogen-bond acceptors (Lipinski definition) is 7. The third kappa shape index (κ3) is 4.11. The summed E-state index contributed by atoms with van der Waals surface area (Å²) in [6.07, 6.45) is 5.34. The molecule has 0 aromatic carbocycles. The van der Waals surface area contributed by atoms with Gasteiger partial charge in [0, 0.05) is 52.2 Å². The molecule has 0 bridgehead atoms. The monoisotopic (exact) mass is 511 g/mol. The standard InChI is InChI=1S/C17H25N11.HI/c1-12-10-26(17(18-3)20-9-14-23-22-13(2)25(14)4)7-8-28(12)15-16-24-21-11-27(16)6-5-19-15;/h5-6,11-12H,7-10H2,1-4H3,(H,18,20);1H. The molecule has 1 aliphatic rings. The molecular formula is C17H26IN11. The number of anilines is 1. The van der Waals surface area contributed by atoms with Crippen LogP contribution < -0.4 is 10.2 Å². The fourth-order valence-electron chi connectivity index (χ4n) is 3.51. The molecule has 1 fully saturated rings. The summed E-state index contributed by atoms with van der Waals surface area (Å²) >= 11 is 0. The highest BCUT2D eigenvalue weighted by Crippen LogP contribution is 2.21. The molecule has 1 N–H and O–H groups in total. The molecule has 3 aromatic rings. The molecule has 3 aromatic heterocycles. The number of fused-ring (bicyclic) bond motifs is 1. The van der Waals surface area contributed by atoms with Crippen LogP contribution in [0.4, 0.5) is 5.82 Å². The minimum atomic E-state index is 0. The van der Waals surface area contributed by atoms with Crippen LogP contribution in [-0.4, -0.2) is 77.9 Å². The van der Waals surface area contributed by atoms with Gasteiger partial charge in [0.15, 0.2) is 17.6 Å². The summed E-state index contributed by atoms with van der Waals surface area (Å²) in [5.74, 6) is 3.50. The van der Waals surface area contributed by atoms with Crippen molar-refractivity contribution in [2.24, 2.45) is 12.0 Å². The summed E-state index contributed by atoms with van der Waals surface area (Å²) in [6, 6.07) is 0.250. The van der Waals surface area contributed by atoms with E-state index in [1.807, 2.05) is 29.1 Å². The first-order chi connectivity index (χ1) is 13.6. The Bertz CT molecular complexity index is 994. The summed E-state index contributed by atoms with van der Waals surface area (Å²) in [5.41, 5.74) is 0.781. The van der Waals surface area contributed by atoms with E-state index in [-0.39, 0.29) is 30.0 Å². The normalized spacial score (nSPS) is 17.5. The van der Waals surface area contributed by atoms with E-state index in [1.54, 1.807) is 19.6 Å². The van der Waals surface area contributed by atoms with E-state index < -0.39 is 0 Å². The minimum Gasteiger partial charge on any atom is -0.349 e. The number of guanidine groups is 1. The second-order valence-electron chi connectivity index (χ2n) is 6.92. The third-order valence-electron chi connectivity index (χ3n) is 5.20. The van der Waals surface area contributed by atoms with E-state index in [4.69, 9.17) is 0 Å². The zero-order valence-corrected chi connectivity index (χ0v) is 19.3. The predicted molar refractivity (Wildman–Crippen MR) is 121 cm³/mol. The zero-order chi connectivity index (χ0) is 19.7. The van der Waals surface area contributed by atoms with Gasteiger partial charge in [-0.2, -0.15) is 0 Å². The Morgan fingerprint density at radius 3 is 2.79 bits per heavy atom. The first kappa shape index (κ1) is 21.2. The van der Waals surface area contributed by atoms with Gasteiger partial charge in [0.25, 0.3) is 0 Å². The van der Waals surface area contributed by atoms with E-state index in [0.717, 1.165) is 48.7 Å². The molecule has 1 aliphatic heterocycles. The van der Waals surface area contributed by atoms with E-state index in [9.17, 15) is 0 Å². The van der Waals surface area contributed by atoms with Crippen LogP contribution in [0.1, 0.15) is 18.6 Å². The summed E-state index contributed by atoms with van der Waals surface area (Å²) in [5, 5.41) is 19.9. The molecule has 29 heavy (non-hydrogen) atoms. The maximum Gasteiger partial charge on any atom is 0.203 e. The van der Waals surface area contributed by atoms with Crippen molar-refractivity contribution in [1.82, 2.24) is 44.6 Å². The molecule has 0 amide bonds. The molecule has 12 heteroatoms. The SMILES string of the molecule is CN=C(NCc1nnc(C)n1C)N1CCN(c2nccn3cnnc23)C(C)C1.I. The number of nitrogens with one attached hydrogen (secondary N) is 1. The molecule has 4 rings (SSSR count). The minimum absolute atomic E-state index is 0. The summed E-state index contributed by atoms with van der Waals surface area (Å²) in [6.45, 7) is 7.19. The number of nitrogens with zero attached hydrogens (tertiary/aromatic N) is 10. The van der Waals surface area contributed by atoms with Crippen LogP contribution in [0.25, 0.3) is 5.65 Å². The average molecular weight is 511 g/mol. The number of hydrogen-bond donors (Lipinski definition) is 1. The Balaban J connectivity index is 0.00000240. The highest BCUT2D eigenvalue weighted by Gasteiger charge is 2.28. The highest BCUT2D eigenvalue weighted by atomic mass is 127. The molecule has 11 nitrogen and oxygen atoms in total. The second-order valence-corrected chi connectivity index (χ2v) is 6.92. The number of aryl methyl sites for hydroxylation is 1. The summed E-state index contributed by atoms with van der Waals surface area (Å²) in [7, 11) is 3.77. The van der Waals surface area contributed by atoms with Gasteiger partial charge in [-0.05, 0) is 13.8 Å². The maximum atomic E-state index is 4.55. The van der Waals surface area contributed by atoms with Crippen molar-refractivity contribution in [1.29, 1.82) is 0 Å². The number of halogens is 1. The molecule has 1 saturated heterocycles. The number of aromatic nitrogens is 7. The lowest BCUT2D eigenvalue weighted by molar-refractivity contribution is 0.326. The van der Waals surface area contributed by atoms with Crippen molar-refractivity contribution >= 4 is 41.4 Å². The van der Waals surface area contributed by atoms with Crippen LogP contribution in [0.3, 0.4) is 0 Å². The lowest BCUT2D eigenvalue weighted by Gasteiger charge is -2.41. The van der Waals surface area contributed by atoms with Gasteiger partial charge in [-0.3, -0.25) is 9.39 Å². The number of piperazine rings is 1. The van der Waals surface area contributed by atoms with Gasteiger partial charge in [0.05, 0.1) is 6.54 Å². The fraction of sp³-hybridized carbons (Fsp3) is 0.529. The Morgan fingerprint density at radius 1 is 1.28 bits per heavy atom. The van der Waals surface area contributed by atoms with Crippen molar-refractivity contribution in [2.75, 3.05) is 31.6 Å². The van der Waals surface area contributed by atoms with Gasteiger partial charge >= 0.3 is 0 Å². The lowest BCUT2D eigenvalue weighted by atomic mass is 10.2. The lowest BCUT2D eigenvalue weighted by Crippen LogP contribution is -2.56. The summed E-state index contributed by atoms with van der Waals surface area (Å²) in [4.78, 5) is 13.5. The first-order valence-electron chi connectivity index (χ1n) is 9.30. The molecule has 1 unspecified atom stereocenters. The average Bonchev–Trinajstić information content (AvgIpc) is 3.30. The fourth-order valence-corrected chi connectivity index (χ4v) is 3.51. The van der Waals surface area contributed by atoms with Crippen LogP contribution in [-0.2, 0) is 13.6 Å². The van der Waals surface area contributed by atoms with Gasteiger partial charge in [0.2, 0.25) is 5.65 Å². The van der Waals surface area contributed by atoms with Crippen molar-refractivity contribution in [3.05, 3.63) is 30.4 Å². The second kappa shape index (κ2) is 8.88. The van der Waals surface area contributed by atoms with Crippen LogP contribution in [0.2, 0.25) is 0 Å². The predicted octanol–water partition coefficient (Wildman–Crippen LogP) is 0.465. The van der Waals surface area contributed by atoms with Crippen LogP contribution in [0, 0.1) is 6.92 Å². The van der Waals surface area contributed by atoms with Crippen molar-refractivity contribution in [2.45, 2.75) is 26.4 Å². The Kier molecular flexibility index (Phi) is 6.49. The molecule has 0 saturated carbocycles. The van der Waals surface area contributed by atoms with E-state index in [0.29, 0.717) is 6.54 Å². The Hall–Kier alpha value is -2.51. The van der Waals surface area contributed by atoms with Gasteiger partial charge in [0.1, 0.15) is 12.2 Å². The van der Waals surface area contributed by atoms with E-state index in [2.05, 4.69) is 52.4 Å². The van der Waals surface area contributed by atoms with Gasteiger partial charge in [-0.25, -0.2) is 4.98 Å². The topological polar surface area (TPSA) is 105 Å². The smallest absolute Gasteiger partial charge is 0.203 e. The quantitative estimate of drug-likeness (QED) is 0.308.